The largest absolute Gasteiger partial charge is 0.481 e. The number of carboxylic acid groups (broad SMARTS) is 1. The first-order chi connectivity index (χ1) is 10.4. The van der Waals surface area contributed by atoms with Crippen LogP contribution >= 0.6 is 15.9 Å². The molecule has 1 saturated heterocycles. The fraction of sp³-hybridized carbons (Fsp3) is 0.500. The maximum atomic E-state index is 12.3. The van der Waals surface area contributed by atoms with E-state index in [2.05, 4.69) is 26.2 Å². The van der Waals surface area contributed by atoms with Gasteiger partial charge in [0.1, 0.15) is 5.82 Å². The van der Waals surface area contributed by atoms with Crippen LogP contribution in [-0.2, 0) is 4.79 Å². The average molecular weight is 371 g/mol. The van der Waals surface area contributed by atoms with E-state index in [4.69, 9.17) is 5.11 Å². The van der Waals surface area contributed by atoms with Gasteiger partial charge in [-0.3, -0.25) is 10.1 Å². The molecule has 22 heavy (non-hydrogen) atoms. The number of carboxylic acids is 1. The van der Waals surface area contributed by atoms with E-state index in [-0.39, 0.29) is 12.6 Å². The molecule has 1 aromatic rings. The van der Waals surface area contributed by atoms with Gasteiger partial charge in [0.2, 0.25) is 0 Å². The van der Waals surface area contributed by atoms with Crippen molar-refractivity contribution in [1.29, 1.82) is 0 Å². The van der Waals surface area contributed by atoms with Crippen molar-refractivity contribution in [2.75, 3.05) is 37.4 Å². The number of carbonyl (C=O) groups excluding carboxylic acids is 1. The second-order valence-electron chi connectivity index (χ2n) is 5.47. The Hall–Kier alpha value is -1.83. The van der Waals surface area contributed by atoms with E-state index in [1.807, 2.05) is 19.0 Å². The summed E-state index contributed by atoms with van der Waals surface area (Å²) in [6, 6.07) is 1.45. The number of aliphatic carboxylic acids is 1. The number of nitrogens with zero attached hydrogens (tertiary/aromatic N) is 3. The van der Waals surface area contributed by atoms with E-state index in [0.29, 0.717) is 25.2 Å². The number of amides is 2. The molecule has 7 nitrogen and oxygen atoms in total. The fourth-order valence-electron chi connectivity index (χ4n) is 2.39. The van der Waals surface area contributed by atoms with Gasteiger partial charge in [0.25, 0.3) is 0 Å². The molecular weight excluding hydrogens is 352 g/mol. The molecule has 2 rings (SSSR count). The SMILES string of the molecule is CN(C)c1cc(NC(=O)N2CCCC(C(=O)O)C2)ncc1Br. The molecule has 1 fully saturated rings. The Morgan fingerprint density at radius 1 is 1.50 bits per heavy atom. The molecule has 8 heteroatoms. The molecule has 1 aliphatic rings. The summed E-state index contributed by atoms with van der Waals surface area (Å²) in [6.45, 7) is 0.797. The molecule has 0 spiro atoms. The molecule has 1 unspecified atom stereocenters. The van der Waals surface area contributed by atoms with Crippen molar-refractivity contribution < 1.29 is 14.7 Å². The van der Waals surface area contributed by atoms with Gasteiger partial charge in [0.15, 0.2) is 0 Å². The van der Waals surface area contributed by atoms with Crippen LogP contribution in [0, 0.1) is 5.92 Å². The number of piperidine rings is 1. The Morgan fingerprint density at radius 3 is 2.86 bits per heavy atom. The third kappa shape index (κ3) is 3.88. The van der Waals surface area contributed by atoms with Crippen LogP contribution in [0.4, 0.5) is 16.3 Å². The molecular formula is C14H19BrN4O3. The number of rotatable bonds is 3. The number of anilines is 2. The zero-order valence-electron chi connectivity index (χ0n) is 12.5. The monoisotopic (exact) mass is 370 g/mol. The number of hydrogen-bond acceptors (Lipinski definition) is 4. The van der Waals surface area contributed by atoms with Gasteiger partial charge >= 0.3 is 12.0 Å². The number of pyridine rings is 1. The molecule has 0 saturated carbocycles. The third-order valence-corrected chi connectivity index (χ3v) is 4.22. The maximum absolute atomic E-state index is 12.3. The molecule has 1 atom stereocenters. The minimum atomic E-state index is -0.853. The summed E-state index contributed by atoms with van der Waals surface area (Å²) >= 11 is 3.41. The summed E-state index contributed by atoms with van der Waals surface area (Å²) < 4.78 is 0.833. The van der Waals surface area contributed by atoms with Gasteiger partial charge in [-0.2, -0.15) is 0 Å². The van der Waals surface area contributed by atoms with E-state index < -0.39 is 11.9 Å². The van der Waals surface area contributed by atoms with Crippen LogP contribution in [0.3, 0.4) is 0 Å². The standard InChI is InChI=1S/C14H19BrN4O3/c1-18(2)11-6-12(16-7-10(11)15)17-14(22)19-5-3-4-9(8-19)13(20)21/h6-7,9H,3-5,8H2,1-2H3,(H,20,21)(H,16,17,22). The first-order valence-corrected chi connectivity index (χ1v) is 7.79. The molecule has 0 aliphatic carbocycles. The van der Waals surface area contributed by atoms with Crippen LogP contribution in [0.15, 0.2) is 16.7 Å². The lowest BCUT2D eigenvalue weighted by molar-refractivity contribution is -0.143. The summed E-state index contributed by atoms with van der Waals surface area (Å²) in [7, 11) is 3.79. The molecule has 120 valence electrons. The molecule has 0 radical (unpaired) electrons. The molecule has 0 aromatic carbocycles. The summed E-state index contributed by atoms with van der Waals surface area (Å²) in [5.74, 6) is -0.904. The zero-order chi connectivity index (χ0) is 16.3. The number of hydrogen-bond donors (Lipinski definition) is 2. The highest BCUT2D eigenvalue weighted by Gasteiger charge is 2.28. The van der Waals surface area contributed by atoms with Gasteiger partial charge < -0.3 is 14.9 Å². The Morgan fingerprint density at radius 2 is 2.23 bits per heavy atom. The van der Waals surface area contributed by atoms with Gasteiger partial charge in [-0.15, -0.1) is 0 Å². The minimum Gasteiger partial charge on any atom is -0.481 e. The normalized spacial score (nSPS) is 18.0. The Balaban J connectivity index is 2.05. The van der Waals surface area contributed by atoms with E-state index in [0.717, 1.165) is 10.2 Å². The quantitative estimate of drug-likeness (QED) is 0.851. The van der Waals surface area contributed by atoms with Gasteiger partial charge in [0, 0.05) is 39.4 Å². The van der Waals surface area contributed by atoms with Crippen LogP contribution in [0.25, 0.3) is 0 Å². The lowest BCUT2D eigenvalue weighted by atomic mass is 9.99. The van der Waals surface area contributed by atoms with Crippen molar-refractivity contribution in [3.8, 4) is 0 Å². The lowest BCUT2D eigenvalue weighted by Crippen LogP contribution is -2.44. The summed E-state index contributed by atoms with van der Waals surface area (Å²) in [5, 5.41) is 11.8. The first kappa shape index (κ1) is 16.5. The second-order valence-corrected chi connectivity index (χ2v) is 6.32. The number of urea groups is 1. The van der Waals surface area contributed by atoms with Gasteiger partial charge in [-0.25, -0.2) is 9.78 Å². The number of aromatic nitrogens is 1. The van der Waals surface area contributed by atoms with Crippen LogP contribution in [0.5, 0.6) is 0 Å². The summed E-state index contributed by atoms with van der Waals surface area (Å²) in [6.07, 6.45) is 2.93. The van der Waals surface area contributed by atoms with E-state index in [1.54, 1.807) is 12.3 Å². The number of halogens is 1. The summed E-state index contributed by atoms with van der Waals surface area (Å²) in [5.41, 5.74) is 0.896. The Bertz CT molecular complexity index is 579. The van der Waals surface area contributed by atoms with Gasteiger partial charge in [-0.05, 0) is 28.8 Å². The van der Waals surface area contributed by atoms with Crippen LogP contribution < -0.4 is 10.2 Å². The first-order valence-electron chi connectivity index (χ1n) is 7.00. The van der Waals surface area contributed by atoms with Crippen LogP contribution in [-0.4, -0.2) is 54.2 Å². The minimum absolute atomic E-state index is 0.234. The summed E-state index contributed by atoms with van der Waals surface area (Å²) in [4.78, 5) is 30.9. The van der Waals surface area contributed by atoms with Gasteiger partial charge in [-0.1, -0.05) is 0 Å². The molecule has 1 aromatic heterocycles. The second kappa shape index (κ2) is 6.95. The Labute approximate surface area is 137 Å². The predicted octanol–water partition coefficient (Wildman–Crippen LogP) is 2.24. The maximum Gasteiger partial charge on any atom is 0.323 e. The molecule has 2 amide bonds. The predicted molar refractivity (Wildman–Crippen MR) is 87.2 cm³/mol. The van der Waals surface area contributed by atoms with Crippen molar-refractivity contribution in [1.82, 2.24) is 9.88 Å². The van der Waals surface area contributed by atoms with Crippen molar-refractivity contribution >= 4 is 39.4 Å². The fourth-order valence-corrected chi connectivity index (χ4v) is 2.96. The van der Waals surface area contributed by atoms with E-state index in [1.165, 1.54) is 4.90 Å². The van der Waals surface area contributed by atoms with E-state index in [9.17, 15) is 9.59 Å². The topological polar surface area (TPSA) is 85.8 Å². The number of nitrogens with one attached hydrogen (secondary N) is 1. The van der Waals surface area contributed by atoms with Crippen molar-refractivity contribution in [2.24, 2.45) is 5.92 Å². The molecule has 0 bridgehead atoms. The van der Waals surface area contributed by atoms with Crippen LogP contribution in [0.2, 0.25) is 0 Å². The highest BCUT2D eigenvalue weighted by atomic mass is 79.9. The highest BCUT2D eigenvalue weighted by molar-refractivity contribution is 9.10. The lowest BCUT2D eigenvalue weighted by Gasteiger charge is -2.30. The van der Waals surface area contributed by atoms with Crippen molar-refractivity contribution in [3.63, 3.8) is 0 Å². The Kier molecular flexibility index (Phi) is 5.23. The number of likely N-dealkylation sites (tertiary alicyclic amines) is 1. The average Bonchev–Trinajstić information content (AvgIpc) is 2.49. The van der Waals surface area contributed by atoms with Crippen molar-refractivity contribution in [2.45, 2.75) is 12.8 Å². The molecule has 1 aliphatic heterocycles. The molecule has 2 N–H and O–H groups in total. The number of carbonyl (C=O) groups is 2. The van der Waals surface area contributed by atoms with Crippen molar-refractivity contribution in [3.05, 3.63) is 16.7 Å². The third-order valence-electron chi connectivity index (χ3n) is 3.61. The molecule has 2 heterocycles. The van der Waals surface area contributed by atoms with E-state index >= 15 is 0 Å². The van der Waals surface area contributed by atoms with Gasteiger partial charge in [0.05, 0.1) is 16.1 Å². The zero-order valence-corrected chi connectivity index (χ0v) is 14.1. The smallest absolute Gasteiger partial charge is 0.323 e. The van der Waals surface area contributed by atoms with Crippen LogP contribution in [0.1, 0.15) is 12.8 Å². The highest BCUT2D eigenvalue weighted by Crippen LogP contribution is 2.26.